The van der Waals surface area contributed by atoms with Gasteiger partial charge in [0, 0.05) is 55.1 Å². The smallest absolute Gasteiger partial charge is 0.262 e. The van der Waals surface area contributed by atoms with E-state index in [1.807, 2.05) is 29.1 Å². The zero-order valence-electron chi connectivity index (χ0n) is 22.0. The lowest BCUT2D eigenvalue weighted by Gasteiger charge is -2.32. The van der Waals surface area contributed by atoms with Crippen molar-refractivity contribution in [1.82, 2.24) is 33.7 Å². The molecule has 1 N–H and O–H groups in total. The third-order valence-electron chi connectivity index (χ3n) is 7.38. The van der Waals surface area contributed by atoms with Gasteiger partial charge in [-0.05, 0) is 56.9 Å². The molecule has 1 unspecified atom stereocenters. The van der Waals surface area contributed by atoms with Crippen LogP contribution in [-0.4, -0.2) is 58.5 Å². The van der Waals surface area contributed by atoms with Crippen molar-refractivity contribution in [2.75, 3.05) is 18.4 Å². The summed E-state index contributed by atoms with van der Waals surface area (Å²) in [6, 6.07) is 9.88. The zero-order valence-corrected chi connectivity index (χ0v) is 22.8. The van der Waals surface area contributed by atoms with Crippen LogP contribution in [0.3, 0.4) is 0 Å². The Morgan fingerprint density at radius 1 is 1.13 bits per heavy atom. The van der Waals surface area contributed by atoms with Crippen molar-refractivity contribution in [1.29, 1.82) is 0 Å². The number of hydrogen-bond donors (Lipinski definition) is 1. The van der Waals surface area contributed by atoms with Gasteiger partial charge in [0.25, 0.3) is 5.91 Å². The lowest BCUT2D eigenvalue weighted by atomic mass is 9.95. The molecular weight excluding hydrogens is 508 g/mol. The number of piperidine rings is 1. The molecule has 0 saturated carbocycles. The Morgan fingerprint density at radius 3 is 2.74 bits per heavy atom. The first-order valence-electron chi connectivity index (χ1n) is 13.3. The van der Waals surface area contributed by atoms with Crippen LogP contribution in [0.1, 0.15) is 60.3 Å². The lowest BCUT2D eigenvalue weighted by molar-refractivity contribution is 0.102. The number of anilines is 1. The Morgan fingerprint density at radius 2 is 1.97 bits per heavy atom. The molecular formula is C29H32N8OS. The minimum Gasteiger partial charge on any atom is -0.306 e. The minimum absolute atomic E-state index is 0.113. The Kier molecular flexibility index (Phi) is 7.21. The number of aromatic nitrogens is 6. The number of pyridine rings is 1. The van der Waals surface area contributed by atoms with E-state index in [-0.39, 0.29) is 16.6 Å². The van der Waals surface area contributed by atoms with Crippen LogP contribution >= 0.6 is 10.7 Å². The highest BCUT2D eigenvalue weighted by Crippen LogP contribution is 2.35. The molecule has 5 heterocycles. The van der Waals surface area contributed by atoms with Gasteiger partial charge >= 0.3 is 0 Å². The maximum Gasteiger partial charge on any atom is 0.262 e. The van der Waals surface area contributed by atoms with Crippen LogP contribution in [0.2, 0.25) is 0 Å². The van der Waals surface area contributed by atoms with Gasteiger partial charge in [-0.1, -0.05) is 23.6 Å². The van der Waals surface area contributed by atoms with Crippen LogP contribution in [0.25, 0.3) is 11.3 Å². The molecule has 1 amide bonds. The van der Waals surface area contributed by atoms with E-state index >= 15 is 0 Å². The lowest BCUT2D eigenvalue weighted by Crippen LogP contribution is -2.29. The average molecular weight is 541 g/mol. The van der Waals surface area contributed by atoms with E-state index in [4.69, 9.17) is 5.10 Å². The maximum atomic E-state index is 13.3. The molecule has 9 nitrogen and oxygen atoms in total. The fourth-order valence-corrected chi connectivity index (χ4v) is 6.56. The first-order chi connectivity index (χ1) is 19.0. The Balaban J connectivity index is 1.21. The molecule has 0 bridgehead atoms. The molecule has 1 atom stereocenters. The number of hydrogen-bond acceptors (Lipinski definition) is 6. The van der Waals surface area contributed by atoms with E-state index in [2.05, 4.69) is 55.7 Å². The summed E-state index contributed by atoms with van der Waals surface area (Å²) in [7, 11) is -0.113. The van der Waals surface area contributed by atoms with Crippen molar-refractivity contribution >= 4 is 39.6 Å². The molecule has 6 rings (SSSR count). The highest BCUT2D eigenvalue weighted by atomic mass is 32.2. The molecule has 0 aromatic carbocycles. The van der Waals surface area contributed by atoms with Gasteiger partial charge in [0.2, 0.25) is 0 Å². The van der Waals surface area contributed by atoms with E-state index in [0.29, 0.717) is 22.9 Å². The Labute approximate surface area is 230 Å². The first kappa shape index (κ1) is 25.4. The minimum atomic E-state index is -0.245. The molecule has 39 heavy (non-hydrogen) atoms. The summed E-state index contributed by atoms with van der Waals surface area (Å²) in [5.74, 6) is 6.07. The third kappa shape index (κ3) is 5.48. The Hall–Kier alpha value is -3.89. The predicted molar refractivity (Wildman–Crippen MR) is 157 cm³/mol. The normalized spacial score (nSPS) is 17.6. The Bertz CT molecular complexity index is 1580. The van der Waals surface area contributed by atoms with E-state index in [1.54, 1.807) is 29.2 Å². The van der Waals surface area contributed by atoms with Crippen LogP contribution in [0, 0.1) is 0 Å². The summed E-state index contributed by atoms with van der Waals surface area (Å²) in [4.78, 5) is 22.1. The van der Waals surface area contributed by atoms with Crippen molar-refractivity contribution in [3.05, 3.63) is 89.8 Å². The van der Waals surface area contributed by atoms with Crippen molar-refractivity contribution in [3.8, 4) is 0 Å². The summed E-state index contributed by atoms with van der Waals surface area (Å²) < 4.78 is 5.99. The van der Waals surface area contributed by atoms with E-state index < -0.39 is 0 Å². The van der Waals surface area contributed by atoms with Gasteiger partial charge < -0.3 is 5.32 Å². The second kappa shape index (κ2) is 11.1. The molecule has 0 radical (unpaired) electrons. The van der Waals surface area contributed by atoms with Gasteiger partial charge in [0.05, 0.1) is 17.6 Å². The predicted octanol–water partition coefficient (Wildman–Crippen LogP) is 5.15. The summed E-state index contributed by atoms with van der Waals surface area (Å²) in [5, 5.41) is 12.4. The topological polar surface area (TPSA) is 93.2 Å². The van der Waals surface area contributed by atoms with Crippen LogP contribution in [0.15, 0.2) is 72.8 Å². The number of allylic oxidation sites excluding steroid dienone is 4. The number of nitrogens with one attached hydrogen (secondary N) is 1. The summed E-state index contributed by atoms with van der Waals surface area (Å²) in [5.41, 5.74) is 5.48. The second-order valence-electron chi connectivity index (χ2n) is 10.1. The summed E-state index contributed by atoms with van der Waals surface area (Å²) in [6.07, 6.45) is 14.9. The van der Waals surface area contributed by atoms with Gasteiger partial charge in [-0.2, -0.15) is 10.2 Å². The van der Waals surface area contributed by atoms with Crippen LogP contribution in [-0.2, 0) is 5.75 Å². The van der Waals surface area contributed by atoms with E-state index in [9.17, 15) is 4.79 Å². The van der Waals surface area contributed by atoms with Crippen molar-refractivity contribution in [2.45, 2.75) is 44.3 Å². The molecule has 1 fully saturated rings. The molecule has 4 aromatic heterocycles. The van der Waals surface area contributed by atoms with Crippen molar-refractivity contribution < 1.29 is 4.79 Å². The molecule has 200 valence electrons. The quantitative estimate of drug-likeness (QED) is 0.326. The molecule has 1 aliphatic heterocycles. The fourth-order valence-electron chi connectivity index (χ4n) is 5.14. The zero-order chi connectivity index (χ0) is 26.8. The second-order valence-corrected chi connectivity index (χ2v) is 11.8. The van der Waals surface area contributed by atoms with Crippen LogP contribution in [0.4, 0.5) is 5.82 Å². The summed E-state index contributed by atoms with van der Waals surface area (Å²) in [6.45, 7) is 4.08. The highest BCUT2D eigenvalue weighted by molar-refractivity contribution is 8.11. The van der Waals surface area contributed by atoms with E-state index in [1.165, 1.54) is 5.57 Å². The van der Waals surface area contributed by atoms with Gasteiger partial charge in [-0.25, -0.2) is 14.2 Å². The van der Waals surface area contributed by atoms with Gasteiger partial charge in [0.1, 0.15) is 11.4 Å². The molecule has 0 spiro atoms. The number of nitrogens with zero attached hydrogens (tertiary/aromatic N) is 7. The highest BCUT2D eigenvalue weighted by Gasteiger charge is 2.26. The van der Waals surface area contributed by atoms with Crippen LogP contribution < -0.4 is 5.32 Å². The number of fused-ring (bicyclic) bond motifs is 1. The molecule has 4 aromatic rings. The SMILES string of the molecule is C=S(Cc1ccccn1)N1CCC(c2cc(NC(=O)c3cnn4cccnc34)n(C3=CC=C(C)CC3)n2)CC1. The number of carbonyl (C=O) groups excluding carboxylic acids is 1. The maximum absolute atomic E-state index is 13.3. The third-order valence-corrected chi connectivity index (χ3v) is 9.10. The van der Waals surface area contributed by atoms with Crippen LogP contribution in [0.5, 0.6) is 0 Å². The average Bonchev–Trinajstić information content (AvgIpc) is 3.59. The van der Waals surface area contributed by atoms with Gasteiger partial charge in [0.15, 0.2) is 5.65 Å². The first-order valence-corrected chi connectivity index (χ1v) is 14.8. The molecule has 10 heteroatoms. The standard InChI is InChI=1S/C29H32N8OS/c1-21-7-9-24(10-8-21)37-27(33-29(38)25-19-32-36-15-5-14-31-28(25)36)18-26(34-37)22-11-16-35(17-12-22)39(2)20-23-6-3-4-13-30-23/h3-7,9,13-15,18-19,22H,2,8,10-12,16-17,20H2,1H3,(H,33,38). The van der Waals surface area contributed by atoms with Gasteiger partial charge in [-0.15, -0.1) is 10.7 Å². The number of carbonyl (C=O) groups is 1. The number of rotatable bonds is 7. The largest absolute Gasteiger partial charge is 0.306 e. The fraction of sp³-hybridized carbons (Fsp3) is 0.310. The number of amides is 1. The van der Waals surface area contributed by atoms with Gasteiger partial charge in [-0.3, -0.25) is 14.1 Å². The van der Waals surface area contributed by atoms with E-state index in [0.717, 1.165) is 61.6 Å². The monoisotopic (exact) mass is 540 g/mol. The van der Waals surface area contributed by atoms with Crippen molar-refractivity contribution in [3.63, 3.8) is 0 Å². The summed E-state index contributed by atoms with van der Waals surface area (Å²) >= 11 is 0. The van der Waals surface area contributed by atoms with Crippen molar-refractivity contribution in [2.24, 2.45) is 0 Å². The molecule has 1 saturated heterocycles. The molecule has 2 aliphatic rings. The molecule has 1 aliphatic carbocycles.